The monoisotopic (exact) mass is 809 g/mol. The van der Waals surface area contributed by atoms with E-state index in [1.807, 2.05) is 0 Å². The van der Waals surface area contributed by atoms with E-state index in [0.29, 0.717) is 35.8 Å². The fourth-order valence-corrected chi connectivity index (χ4v) is 30.6. The van der Waals surface area contributed by atoms with Crippen LogP contribution in [0.25, 0.3) is 0 Å². The molecule has 0 radical (unpaired) electrons. The topological polar surface area (TPSA) is 16.2 Å². The number of para-hydroxylation sites is 1. The highest BCUT2D eigenvalue weighted by molar-refractivity contribution is 7.79. The number of halogens is 1. The van der Waals surface area contributed by atoms with Crippen molar-refractivity contribution in [2.75, 3.05) is 17.7 Å². The van der Waals surface area contributed by atoms with Crippen LogP contribution < -0.4 is 9.87 Å². The zero-order valence-corrected chi connectivity index (χ0v) is 40.5. The van der Waals surface area contributed by atoms with E-state index in [-0.39, 0.29) is 11.1 Å². The second-order valence-corrected chi connectivity index (χ2v) is 31.9. The van der Waals surface area contributed by atoms with Gasteiger partial charge in [-0.1, -0.05) is 92.4 Å². The predicted molar refractivity (Wildman–Crippen MR) is 241 cm³/mol. The van der Waals surface area contributed by atoms with E-state index in [0.717, 1.165) is 13.1 Å². The van der Waals surface area contributed by atoms with Gasteiger partial charge in [-0.15, -0.1) is 0 Å². The molecule has 2 aliphatic heterocycles. The first-order valence-electron chi connectivity index (χ1n) is 20.4. The van der Waals surface area contributed by atoms with Crippen LogP contribution in [0.4, 0.5) is 5.69 Å². The zero-order valence-electron chi connectivity index (χ0n) is 35.9. The van der Waals surface area contributed by atoms with Gasteiger partial charge in [0.1, 0.15) is 0 Å². The van der Waals surface area contributed by atoms with Crippen LogP contribution in [0.2, 0.25) is 13.1 Å². The summed E-state index contributed by atoms with van der Waals surface area (Å²) in [5, 5.41) is 7.65. The Hall–Kier alpha value is -0.816. The minimum atomic E-state index is -2.26. The summed E-state index contributed by atoms with van der Waals surface area (Å²) in [5.74, 6) is 1.93. The van der Waals surface area contributed by atoms with Crippen molar-refractivity contribution in [1.82, 2.24) is 18.0 Å². The molecule has 2 bridgehead atoms. The molecule has 7 rings (SSSR count). The van der Waals surface area contributed by atoms with Gasteiger partial charge < -0.3 is 4.57 Å². The third-order valence-corrected chi connectivity index (χ3v) is 30.3. The van der Waals surface area contributed by atoms with Crippen LogP contribution >= 0.6 is 26.5 Å². The predicted octanol–water partition coefficient (Wildman–Crippen LogP) is 11.8. The molecule has 0 N–H and O–H groups in total. The fourth-order valence-electron chi connectivity index (χ4n) is 10.3. The summed E-state index contributed by atoms with van der Waals surface area (Å²) in [5.41, 5.74) is 6.00. The van der Waals surface area contributed by atoms with Gasteiger partial charge in [-0.2, -0.15) is 0 Å². The molecule has 1 saturated carbocycles. The first-order valence-corrected chi connectivity index (χ1v) is 28.7. The van der Waals surface area contributed by atoms with Crippen molar-refractivity contribution in [3.63, 3.8) is 0 Å². The molecular weight excluding hydrogens is 740 g/mol. The largest absolute Gasteiger partial charge is 0.332 e. The van der Waals surface area contributed by atoms with Crippen molar-refractivity contribution in [3.8, 4) is 0 Å². The number of nitrogens with zero attached hydrogens (tertiary/aromatic N) is 5. The van der Waals surface area contributed by atoms with E-state index < -0.39 is 31.7 Å². The van der Waals surface area contributed by atoms with Crippen molar-refractivity contribution < 1.29 is 0 Å². The maximum Gasteiger partial charge on any atom is 0.303 e. The van der Waals surface area contributed by atoms with Crippen molar-refractivity contribution in [2.24, 2.45) is 11.8 Å². The van der Waals surface area contributed by atoms with E-state index in [4.69, 9.17) is 11.1 Å². The molecule has 10 heteroatoms. The Labute approximate surface area is 333 Å². The summed E-state index contributed by atoms with van der Waals surface area (Å²) >= 11 is 8.44. The van der Waals surface area contributed by atoms with Crippen molar-refractivity contribution >= 4 is 58.8 Å². The molecule has 292 valence electrons. The molecule has 5 aliphatic rings. The molecule has 5 nitrogen and oxygen atoms in total. The van der Waals surface area contributed by atoms with Crippen molar-refractivity contribution in [3.05, 3.63) is 70.7 Å². The molecule has 2 aromatic rings. The first-order chi connectivity index (χ1) is 24.6. The highest BCUT2D eigenvalue weighted by Gasteiger charge is 2.66. The average Bonchev–Trinajstić information content (AvgIpc) is 3.68. The Morgan fingerprint density at radius 2 is 1.23 bits per heavy atom. The van der Waals surface area contributed by atoms with E-state index in [1.54, 1.807) is 11.0 Å². The number of rotatable bonds is 9. The lowest BCUT2D eigenvalue weighted by Gasteiger charge is -2.71. The van der Waals surface area contributed by atoms with E-state index >= 15 is 0 Å². The minimum absolute atomic E-state index is 0.0906. The first kappa shape index (κ1) is 41.8. The quantitative estimate of drug-likeness (QED) is 0.142. The maximum absolute atomic E-state index is 8.44. The highest BCUT2D eigenvalue weighted by Crippen LogP contribution is 2.77. The third-order valence-electron chi connectivity index (χ3n) is 11.9. The lowest BCUT2D eigenvalue weighted by atomic mass is 9.82. The normalized spacial score (nSPS) is 24.1. The zero-order chi connectivity index (χ0) is 39.2. The summed E-state index contributed by atoms with van der Waals surface area (Å²) in [4.78, 5) is 0. The summed E-state index contributed by atoms with van der Waals surface area (Å²) in [6, 6.07) is 19.2. The van der Waals surface area contributed by atoms with Gasteiger partial charge in [-0.25, -0.2) is 0 Å². The van der Waals surface area contributed by atoms with E-state index in [1.165, 1.54) is 35.0 Å². The summed E-state index contributed by atoms with van der Waals surface area (Å²) in [6.07, 6.45) is 2.53. The SMILES string of the molecule is CC(C)c1cccc(C(C)C)c1N(C1=C(P2N(C(C)(C)C)[Si](C)(C)N2C(C)(C)C)C2CC1C2)[Si](Cl)=C=P1(c2ccccc2)N(C(C)C)CCN1C(C)C. The summed E-state index contributed by atoms with van der Waals surface area (Å²) in [7, 11) is -6.73. The molecule has 0 amide bonds. The van der Waals surface area contributed by atoms with Gasteiger partial charge in [0.25, 0.3) is 0 Å². The Morgan fingerprint density at radius 3 is 1.64 bits per heavy atom. The average molecular weight is 811 g/mol. The van der Waals surface area contributed by atoms with Crippen molar-refractivity contribution in [2.45, 2.75) is 158 Å². The van der Waals surface area contributed by atoms with Crippen LogP contribution in [0.15, 0.2) is 59.5 Å². The van der Waals surface area contributed by atoms with Gasteiger partial charge in [0.2, 0.25) is 8.40 Å². The molecule has 0 aromatic heterocycles. The number of allylic oxidation sites excluding steroid dienone is 2. The van der Waals surface area contributed by atoms with Gasteiger partial charge in [0.05, 0.1) is 15.4 Å². The third kappa shape index (κ3) is 6.98. The Bertz CT molecular complexity index is 1740. The second kappa shape index (κ2) is 14.8. The van der Waals surface area contributed by atoms with Gasteiger partial charge in [0.15, 0.2) is 0 Å². The summed E-state index contributed by atoms with van der Waals surface area (Å²) < 4.78 is 14.4. The molecule has 2 heterocycles. The molecule has 2 aromatic carbocycles. The number of benzene rings is 2. The fraction of sp³-hybridized carbons (Fsp3) is 0.651. The minimum Gasteiger partial charge on any atom is -0.332 e. The van der Waals surface area contributed by atoms with Gasteiger partial charge in [0, 0.05) is 64.2 Å². The molecule has 3 fully saturated rings. The second-order valence-electron chi connectivity index (χ2n) is 19.7. The Kier molecular flexibility index (Phi) is 11.7. The van der Waals surface area contributed by atoms with Gasteiger partial charge >= 0.3 is 7.88 Å². The van der Waals surface area contributed by atoms with Crippen LogP contribution in [-0.2, 0) is 0 Å². The standard InChI is InChI=1S/C43H70ClN5P2Si2/c1-30(2)37-23-20-24-38(31(3)4)40(37)47(52(44)29-51(36-21-18-17-19-22-36)45(32(5)6)25-26-46(51)33(7)8)39-34-27-35(28-34)41(39)50-48(42(9,10)11)53(15,16)49(50)43(12,13)14/h17-24,30-35H,25-28H2,1-16H3. The van der Waals surface area contributed by atoms with Crippen LogP contribution in [0.5, 0.6) is 0 Å². The number of anilines is 1. The molecule has 3 aliphatic carbocycles. The molecular formula is C43H70ClN5P2Si2. The molecule has 53 heavy (non-hydrogen) atoms. The van der Waals surface area contributed by atoms with Gasteiger partial charge in [-0.3, -0.25) is 18.0 Å². The smallest absolute Gasteiger partial charge is 0.303 e. The Balaban J connectivity index is 1.78. The summed E-state index contributed by atoms with van der Waals surface area (Å²) in [6.45, 7) is 41.1. The molecule has 0 spiro atoms. The van der Waals surface area contributed by atoms with Crippen LogP contribution in [0, 0.1) is 11.8 Å². The lowest BCUT2D eigenvalue weighted by molar-refractivity contribution is 0.238. The molecule has 0 atom stereocenters. The lowest BCUT2D eigenvalue weighted by Crippen LogP contribution is -2.77. The van der Waals surface area contributed by atoms with Crippen LogP contribution in [0.1, 0.15) is 133 Å². The van der Waals surface area contributed by atoms with Crippen LogP contribution in [0.3, 0.4) is 0 Å². The van der Waals surface area contributed by atoms with E-state index in [9.17, 15) is 0 Å². The highest BCUT2D eigenvalue weighted by atomic mass is 35.6. The molecule has 0 unspecified atom stereocenters. The van der Waals surface area contributed by atoms with Gasteiger partial charge in [-0.05, 0) is 124 Å². The van der Waals surface area contributed by atoms with Crippen molar-refractivity contribution in [1.29, 1.82) is 0 Å². The maximum atomic E-state index is 8.44. The number of hydrogen-bond donors (Lipinski definition) is 0. The Morgan fingerprint density at radius 1 is 0.755 bits per heavy atom. The van der Waals surface area contributed by atoms with Crippen LogP contribution in [-0.4, -0.2) is 75.6 Å². The van der Waals surface area contributed by atoms with E-state index in [2.05, 4.69) is 186 Å². The molecule has 2 saturated heterocycles. The number of hydrogen-bond acceptors (Lipinski definition) is 5.